The van der Waals surface area contributed by atoms with E-state index in [-0.39, 0.29) is 5.41 Å². The lowest BCUT2D eigenvalue weighted by molar-refractivity contribution is 0.373. The number of likely N-dealkylation sites (N-methyl/N-ethyl adjacent to an activating group) is 1. The van der Waals surface area contributed by atoms with Gasteiger partial charge in [0.15, 0.2) is 0 Å². The summed E-state index contributed by atoms with van der Waals surface area (Å²) in [7, 11) is 2.23. The molecule has 0 saturated carbocycles. The number of allylic oxidation sites excluding steroid dienone is 1. The maximum Gasteiger partial charge on any atom is 0.0584 e. The van der Waals surface area contributed by atoms with Crippen molar-refractivity contribution in [3.63, 3.8) is 0 Å². The average Bonchev–Trinajstić information content (AvgIpc) is 2.77. The van der Waals surface area contributed by atoms with Crippen LogP contribution in [0.4, 0.5) is 5.69 Å². The Bertz CT molecular complexity index is 615. The standard InChI is InChI=1S/C18H22N2S/c1-3-14-8-9-17-18(12-14,10-11-19-13-21)15-6-4-5-7-16(15)20(17)2/h4-7,12,17H,3,8-11H2,1-2H3/t17-,18-/m0/s1. The van der Waals surface area contributed by atoms with Crippen molar-refractivity contribution < 1.29 is 0 Å². The van der Waals surface area contributed by atoms with Gasteiger partial charge in [0, 0.05) is 24.2 Å². The number of hydrogen-bond donors (Lipinski definition) is 0. The zero-order valence-electron chi connectivity index (χ0n) is 12.8. The molecule has 1 aliphatic heterocycles. The van der Waals surface area contributed by atoms with Gasteiger partial charge in [0.25, 0.3) is 0 Å². The summed E-state index contributed by atoms with van der Waals surface area (Å²) in [5, 5.41) is 2.52. The summed E-state index contributed by atoms with van der Waals surface area (Å²) in [5.74, 6) is 0. The summed E-state index contributed by atoms with van der Waals surface area (Å²) >= 11 is 4.74. The van der Waals surface area contributed by atoms with Crippen molar-refractivity contribution in [2.75, 3.05) is 18.5 Å². The Balaban J connectivity index is 2.11. The zero-order valence-corrected chi connectivity index (χ0v) is 13.6. The van der Waals surface area contributed by atoms with Crippen molar-refractivity contribution in [3.05, 3.63) is 41.5 Å². The third kappa shape index (κ3) is 2.25. The molecule has 0 spiro atoms. The van der Waals surface area contributed by atoms with Crippen molar-refractivity contribution in [2.45, 2.75) is 44.1 Å². The molecule has 0 amide bonds. The molecule has 0 N–H and O–H groups in total. The molecule has 2 aliphatic rings. The molecule has 3 rings (SSSR count). The number of anilines is 1. The predicted octanol–water partition coefficient (Wildman–Crippen LogP) is 4.37. The van der Waals surface area contributed by atoms with E-state index in [4.69, 9.17) is 12.2 Å². The molecule has 0 aromatic heterocycles. The van der Waals surface area contributed by atoms with Gasteiger partial charge in [-0.1, -0.05) is 36.8 Å². The fraction of sp³-hybridized carbons (Fsp3) is 0.500. The van der Waals surface area contributed by atoms with Crippen LogP contribution in [-0.4, -0.2) is 24.8 Å². The zero-order chi connectivity index (χ0) is 14.9. The van der Waals surface area contributed by atoms with Crippen LogP contribution >= 0.6 is 12.2 Å². The first-order chi connectivity index (χ1) is 10.2. The minimum Gasteiger partial charge on any atom is -0.370 e. The lowest BCUT2D eigenvalue weighted by atomic mass is 9.67. The largest absolute Gasteiger partial charge is 0.370 e. The molecule has 2 atom stereocenters. The molecule has 21 heavy (non-hydrogen) atoms. The van der Waals surface area contributed by atoms with Gasteiger partial charge < -0.3 is 4.90 Å². The third-order valence-electron chi connectivity index (χ3n) is 5.20. The highest BCUT2D eigenvalue weighted by molar-refractivity contribution is 7.78. The molecule has 0 fully saturated rings. The van der Waals surface area contributed by atoms with Crippen molar-refractivity contribution in [2.24, 2.45) is 4.99 Å². The molecule has 3 heteroatoms. The Morgan fingerprint density at radius 1 is 1.43 bits per heavy atom. The van der Waals surface area contributed by atoms with Crippen LogP contribution in [0.15, 0.2) is 40.9 Å². The number of rotatable bonds is 4. The fourth-order valence-corrected chi connectivity index (χ4v) is 4.28. The highest BCUT2D eigenvalue weighted by Crippen LogP contribution is 2.52. The van der Waals surface area contributed by atoms with Gasteiger partial charge in [-0.3, -0.25) is 0 Å². The average molecular weight is 298 g/mol. The molecular formula is C18H22N2S. The van der Waals surface area contributed by atoms with Gasteiger partial charge in [0.2, 0.25) is 0 Å². The molecule has 0 saturated heterocycles. The Morgan fingerprint density at radius 3 is 3.00 bits per heavy atom. The third-order valence-corrected chi connectivity index (χ3v) is 5.33. The number of fused-ring (bicyclic) bond motifs is 3. The van der Waals surface area contributed by atoms with Crippen LogP contribution in [0.1, 0.15) is 38.2 Å². The van der Waals surface area contributed by atoms with Gasteiger partial charge in [-0.05, 0) is 49.5 Å². The Kier molecular flexibility index (Phi) is 3.97. The van der Waals surface area contributed by atoms with E-state index in [1.807, 2.05) is 0 Å². The number of hydrogen-bond acceptors (Lipinski definition) is 3. The number of aliphatic imine (C=N–C) groups is 1. The molecule has 1 aromatic carbocycles. The van der Waals surface area contributed by atoms with Crippen molar-refractivity contribution in [1.29, 1.82) is 0 Å². The van der Waals surface area contributed by atoms with E-state index in [0.29, 0.717) is 6.04 Å². The summed E-state index contributed by atoms with van der Waals surface area (Å²) in [6.07, 6.45) is 7.16. The minimum atomic E-state index is 0.102. The maximum atomic E-state index is 4.74. The second kappa shape index (κ2) is 5.75. The maximum absolute atomic E-state index is 4.74. The predicted molar refractivity (Wildman–Crippen MR) is 92.4 cm³/mol. The molecule has 0 radical (unpaired) electrons. The first kappa shape index (κ1) is 14.5. The SMILES string of the molecule is CCC1=C[C@@]2(CCN=C=S)c3ccccc3N(C)[C@H]2CC1. The van der Waals surface area contributed by atoms with Crippen LogP contribution in [0.25, 0.3) is 0 Å². The lowest BCUT2D eigenvalue weighted by Gasteiger charge is -2.40. The van der Waals surface area contributed by atoms with Gasteiger partial charge in [-0.15, -0.1) is 0 Å². The van der Waals surface area contributed by atoms with E-state index in [0.717, 1.165) is 19.4 Å². The first-order valence-corrected chi connectivity index (χ1v) is 8.20. The van der Waals surface area contributed by atoms with Crippen molar-refractivity contribution >= 4 is 23.1 Å². The number of thiocarbonyl (C=S) groups is 1. The van der Waals surface area contributed by atoms with Gasteiger partial charge in [0.05, 0.1) is 11.7 Å². The van der Waals surface area contributed by atoms with Crippen LogP contribution in [0.2, 0.25) is 0 Å². The van der Waals surface area contributed by atoms with Gasteiger partial charge in [-0.2, -0.15) is 0 Å². The Hall–Kier alpha value is -1.44. The minimum absolute atomic E-state index is 0.102. The second-order valence-electron chi connectivity index (χ2n) is 6.10. The quantitative estimate of drug-likeness (QED) is 0.466. The van der Waals surface area contributed by atoms with E-state index in [2.05, 4.69) is 59.4 Å². The van der Waals surface area contributed by atoms with Crippen molar-refractivity contribution in [1.82, 2.24) is 0 Å². The summed E-state index contributed by atoms with van der Waals surface area (Å²) in [6, 6.07) is 9.39. The molecule has 110 valence electrons. The highest BCUT2D eigenvalue weighted by Gasteiger charge is 2.49. The lowest BCUT2D eigenvalue weighted by Crippen LogP contribution is -2.44. The summed E-state index contributed by atoms with van der Waals surface area (Å²) in [6.45, 7) is 3.02. The summed E-state index contributed by atoms with van der Waals surface area (Å²) < 4.78 is 0. The van der Waals surface area contributed by atoms with Gasteiger partial charge in [-0.25, -0.2) is 4.99 Å². The van der Waals surface area contributed by atoms with E-state index >= 15 is 0 Å². The summed E-state index contributed by atoms with van der Waals surface area (Å²) in [5.41, 5.74) is 4.53. The molecule has 1 heterocycles. The van der Waals surface area contributed by atoms with Crippen LogP contribution < -0.4 is 4.90 Å². The van der Waals surface area contributed by atoms with Crippen LogP contribution in [0.5, 0.6) is 0 Å². The van der Waals surface area contributed by atoms with E-state index in [1.165, 1.54) is 24.1 Å². The molecule has 0 unspecified atom stereocenters. The topological polar surface area (TPSA) is 15.6 Å². The molecule has 1 aliphatic carbocycles. The first-order valence-electron chi connectivity index (χ1n) is 7.79. The van der Waals surface area contributed by atoms with Crippen LogP contribution in [0.3, 0.4) is 0 Å². The van der Waals surface area contributed by atoms with Gasteiger partial charge >= 0.3 is 0 Å². The van der Waals surface area contributed by atoms with E-state index in [1.54, 1.807) is 5.57 Å². The number of benzene rings is 1. The van der Waals surface area contributed by atoms with E-state index in [9.17, 15) is 0 Å². The molecule has 2 nitrogen and oxygen atoms in total. The molecular weight excluding hydrogens is 276 g/mol. The van der Waals surface area contributed by atoms with E-state index < -0.39 is 0 Å². The Labute approximate surface area is 132 Å². The second-order valence-corrected chi connectivity index (χ2v) is 6.28. The monoisotopic (exact) mass is 298 g/mol. The summed E-state index contributed by atoms with van der Waals surface area (Å²) in [4.78, 5) is 6.66. The fourth-order valence-electron chi connectivity index (χ4n) is 4.19. The number of para-hydroxylation sites is 1. The number of isothiocyanates is 1. The van der Waals surface area contributed by atoms with Gasteiger partial charge in [0.1, 0.15) is 0 Å². The highest BCUT2D eigenvalue weighted by atomic mass is 32.1. The smallest absolute Gasteiger partial charge is 0.0584 e. The Morgan fingerprint density at radius 2 is 2.24 bits per heavy atom. The molecule has 1 aromatic rings. The molecule has 0 bridgehead atoms. The van der Waals surface area contributed by atoms with Crippen LogP contribution in [0, 0.1) is 0 Å². The number of nitrogens with zero attached hydrogens (tertiary/aromatic N) is 2. The normalized spacial score (nSPS) is 26.7. The van der Waals surface area contributed by atoms with Crippen LogP contribution in [-0.2, 0) is 5.41 Å². The van der Waals surface area contributed by atoms with Crippen molar-refractivity contribution in [3.8, 4) is 0 Å².